The minimum Gasteiger partial charge on any atom is -0.370 e. The normalized spacial score (nSPS) is 10.4. The zero-order valence-corrected chi connectivity index (χ0v) is 11.3. The predicted molar refractivity (Wildman–Crippen MR) is 71.0 cm³/mol. The molecule has 0 atom stereocenters. The molecule has 0 aromatic carbocycles. The molecule has 2 rings (SSSR count). The second kappa shape index (κ2) is 5.41. The molecule has 5 heteroatoms. The van der Waals surface area contributed by atoms with Gasteiger partial charge >= 0.3 is 0 Å². The van der Waals surface area contributed by atoms with Crippen LogP contribution >= 0.6 is 27.3 Å². The first-order valence-electron chi connectivity index (χ1n) is 5.01. The molecule has 0 fully saturated rings. The summed E-state index contributed by atoms with van der Waals surface area (Å²) in [4.78, 5) is 8.71. The highest BCUT2D eigenvalue weighted by Crippen LogP contribution is 2.11. The lowest BCUT2D eigenvalue weighted by Gasteiger charge is -2.03. The number of nitrogens with one attached hydrogen (secondary N) is 1. The van der Waals surface area contributed by atoms with E-state index in [1.807, 2.05) is 25.1 Å². The number of rotatable bonds is 4. The van der Waals surface area contributed by atoms with Crippen LogP contribution < -0.4 is 5.32 Å². The Bertz CT molecular complexity index is 470. The van der Waals surface area contributed by atoms with E-state index in [0.717, 1.165) is 29.1 Å². The van der Waals surface area contributed by atoms with Crippen LogP contribution in [0.15, 0.2) is 28.2 Å². The van der Waals surface area contributed by atoms with Crippen molar-refractivity contribution in [2.45, 2.75) is 13.3 Å². The lowest BCUT2D eigenvalue weighted by atomic mass is 10.4. The minimum absolute atomic E-state index is 0.850. The number of pyridine rings is 1. The molecule has 2 aromatic rings. The van der Waals surface area contributed by atoms with Gasteiger partial charge in [0.2, 0.25) is 0 Å². The molecular formula is C11H12BrN3S. The molecule has 0 unspecified atom stereocenters. The first kappa shape index (κ1) is 11.5. The average molecular weight is 298 g/mol. The van der Waals surface area contributed by atoms with Crippen molar-refractivity contribution in [2.75, 3.05) is 11.9 Å². The van der Waals surface area contributed by atoms with Gasteiger partial charge in [0.15, 0.2) is 0 Å². The smallest absolute Gasteiger partial charge is 0.127 e. The van der Waals surface area contributed by atoms with Crippen LogP contribution in [0.5, 0.6) is 0 Å². The van der Waals surface area contributed by atoms with Crippen molar-refractivity contribution in [1.29, 1.82) is 0 Å². The lowest BCUT2D eigenvalue weighted by molar-refractivity contribution is 0.976. The molecular weight excluding hydrogens is 286 g/mol. The summed E-state index contributed by atoms with van der Waals surface area (Å²) in [5, 5.41) is 6.51. The van der Waals surface area contributed by atoms with Gasteiger partial charge in [-0.05, 0) is 35.0 Å². The summed E-state index contributed by atoms with van der Waals surface area (Å²) >= 11 is 5.05. The highest BCUT2D eigenvalue weighted by Gasteiger charge is 1.99. The van der Waals surface area contributed by atoms with Crippen molar-refractivity contribution in [3.8, 4) is 0 Å². The SMILES string of the molecule is Cc1csc(CCNc2cccc(Br)n2)n1. The van der Waals surface area contributed by atoms with Crippen LogP contribution in [0.1, 0.15) is 10.7 Å². The van der Waals surface area contributed by atoms with Crippen molar-refractivity contribution in [3.05, 3.63) is 38.9 Å². The zero-order valence-electron chi connectivity index (χ0n) is 8.90. The minimum atomic E-state index is 0.850. The Morgan fingerprint density at radius 1 is 1.38 bits per heavy atom. The van der Waals surface area contributed by atoms with Gasteiger partial charge in [0.1, 0.15) is 10.4 Å². The Hall–Kier alpha value is -0.940. The van der Waals surface area contributed by atoms with Crippen LogP contribution in [-0.2, 0) is 6.42 Å². The van der Waals surface area contributed by atoms with E-state index in [1.165, 1.54) is 5.01 Å². The third kappa shape index (κ3) is 3.28. The molecule has 16 heavy (non-hydrogen) atoms. The van der Waals surface area contributed by atoms with Crippen molar-refractivity contribution < 1.29 is 0 Å². The van der Waals surface area contributed by atoms with Gasteiger partial charge in [-0.3, -0.25) is 0 Å². The maximum Gasteiger partial charge on any atom is 0.127 e. The standard InChI is InChI=1S/C11H12BrN3S/c1-8-7-16-11(14-8)5-6-13-10-4-2-3-9(12)15-10/h2-4,7H,5-6H2,1H3,(H,13,15). The summed E-state index contributed by atoms with van der Waals surface area (Å²) in [7, 11) is 0. The van der Waals surface area contributed by atoms with Crippen molar-refractivity contribution in [2.24, 2.45) is 0 Å². The molecule has 0 aliphatic rings. The number of anilines is 1. The highest BCUT2D eigenvalue weighted by atomic mass is 79.9. The first-order valence-corrected chi connectivity index (χ1v) is 6.69. The van der Waals surface area contributed by atoms with E-state index in [2.05, 4.69) is 36.6 Å². The number of aromatic nitrogens is 2. The average Bonchev–Trinajstić information content (AvgIpc) is 2.64. The molecule has 0 saturated heterocycles. The maximum atomic E-state index is 4.41. The van der Waals surface area contributed by atoms with Crippen LogP contribution in [0, 0.1) is 6.92 Å². The van der Waals surface area contributed by atoms with Gasteiger partial charge in [0, 0.05) is 24.0 Å². The van der Waals surface area contributed by atoms with Crippen LogP contribution in [0.3, 0.4) is 0 Å². The van der Waals surface area contributed by atoms with E-state index in [9.17, 15) is 0 Å². The monoisotopic (exact) mass is 297 g/mol. The number of thiazole rings is 1. The van der Waals surface area contributed by atoms with Crippen molar-refractivity contribution >= 4 is 33.1 Å². The van der Waals surface area contributed by atoms with Crippen LogP contribution in [0.2, 0.25) is 0 Å². The van der Waals surface area contributed by atoms with Gasteiger partial charge in [-0.25, -0.2) is 9.97 Å². The number of nitrogens with zero attached hydrogens (tertiary/aromatic N) is 2. The molecule has 0 amide bonds. The summed E-state index contributed by atoms with van der Waals surface area (Å²) in [6.45, 7) is 2.87. The van der Waals surface area contributed by atoms with Crippen LogP contribution in [-0.4, -0.2) is 16.5 Å². The molecule has 0 aliphatic heterocycles. The Morgan fingerprint density at radius 3 is 2.94 bits per heavy atom. The fourth-order valence-corrected chi connectivity index (χ4v) is 2.44. The quantitative estimate of drug-likeness (QED) is 0.880. The van der Waals surface area contributed by atoms with E-state index in [0.29, 0.717) is 0 Å². The van der Waals surface area contributed by atoms with E-state index in [-0.39, 0.29) is 0 Å². The molecule has 3 nitrogen and oxygen atoms in total. The summed E-state index contributed by atoms with van der Waals surface area (Å²) < 4.78 is 0.850. The summed E-state index contributed by atoms with van der Waals surface area (Å²) in [5.74, 6) is 0.891. The second-order valence-corrected chi connectivity index (χ2v) is 5.16. The van der Waals surface area contributed by atoms with Gasteiger partial charge in [0.25, 0.3) is 0 Å². The maximum absolute atomic E-state index is 4.41. The van der Waals surface area contributed by atoms with E-state index < -0.39 is 0 Å². The molecule has 1 N–H and O–H groups in total. The van der Waals surface area contributed by atoms with Gasteiger partial charge in [-0.15, -0.1) is 11.3 Å². The number of halogens is 1. The number of aryl methyl sites for hydroxylation is 1. The molecule has 0 bridgehead atoms. The molecule has 0 saturated carbocycles. The second-order valence-electron chi connectivity index (χ2n) is 3.40. The van der Waals surface area contributed by atoms with Gasteiger partial charge < -0.3 is 5.32 Å². The fraction of sp³-hybridized carbons (Fsp3) is 0.273. The highest BCUT2D eigenvalue weighted by molar-refractivity contribution is 9.10. The Kier molecular flexibility index (Phi) is 3.90. The largest absolute Gasteiger partial charge is 0.370 e. The van der Waals surface area contributed by atoms with Gasteiger partial charge in [-0.2, -0.15) is 0 Å². The molecule has 0 radical (unpaired) electrons. The fourth-order valence-electron chi connectivity index (χ4n) is 1.32. The molecule has 0 spiro atoms. The lowest BCUT2D eigenvalue weighted by Crippen LogP contribution is -2.06. The van der Waals surface area contributed by atoms with Gasteiger partial charge in [-0.1, -0.05) is 6.07 Å². The Morgan fingerprint density at radius 2 is 2.25 bits per heavy atom. The van der Waals surface area contributed by atoms with E-state index in [1.54, 1.807) is 11.3 Å². The molecule has 2 heterocycles. The summed E-state index contributed by atoms with van der Waals surface area (Å²) in [6, 6.07) is 5.83. The molecule has 84 valence electrons. The first-order chi connectivity index (χ1) is 7.74. The molecule has 2 aromatic heterocycles. The van der Waals surface area contributed by atoms with Crippen LogP contribution in [0.25, 0.3) is 0 Å². The summed E-state index contributed by atoms with van der Waals surface area (Å²) in [6.07, 6.45) is 0.937. The van der Waals surface area contributed by atoms with E-state index in [4.69, 9.17) is 0 Å². The van der Waals surface area contributed by atoms with Crippen LogP contribution in [0.4, 0.5) is 5.82 Å². The summed E-state index contributed by atoms with van der Waals surface area (Å²) in [5.41, 5.74) is 1.10. The Labute approximate surface area is 107 Å². The van der Waals surface area contributed by atoms with Crippen molar-refractivity contribution in [3.63, 3.8) is 0 Å². The molecule has 0 aliphatic carbocycles. The predicted octanol–water partition coefficient (Wildman–Crippen LogP) is 3.26. The Balaban J connectivity index is 1.84. The zero-order chi connectivity index (χ0) is 11.4. The topological polar surface area (TPSA) is 37.8 Å². The van der Waals surface area contributed by atoms with Crippen molar-refractivity contribution in [1.82, 2.24) is 9.97 Å². The van der Waals surface area contributed by atoms with E-state index >= 15 is 0 Å². The van der Waals surface area contributed by atoms with Gasteiger partial charge in [0.05, 0.1) is 5.01 Å². The number of hydrogen-bond acceptors (Lipinski definition) is 4. The number of hydrogen-bond donors (Lipinski definition) is 1. The third-order valence-corrected chi connectivity index (χ3v) is 3.49. The third-order valence-electron chi connectivity index (χ3n) is 2.03.